The Bertz CT molecular complexity index is 1110. The molecule has 1 aliphatic heterocycles. The fourth-order valence-corrected chi connectivity index (χ4v) is 3.61. The molecule has 1 aliphatic rings. The number of amides is 2. The van der Waals surface area contributed by atoms with E-state index in [-0.39, 0.29) is 34.0 Å². The van der Waals surface area contributed by atoms with Crippen LogP contribution in [0.4, 0.5) is 16.2 Å². The molecule has 30 heavy (non-hydrogen) atoms. The molecule has 12 heteroatoms. The number of ether oxygens (including phenoxy) is 1. The van der Waals surface area contributed by atoms with Gasteiger partial charge in [0.1, 0.15) is 0 Å². The molecule has 1 N–H and O–H groups in total. The van der Waals surface area contributed by atoms with Crippen LogP contribution >= 0.6 is 11.8 Å². The zero-order valence-electron chi connectivity index (χ0n) is 15.3. The standard InChI is InChI=1S/C18H13N3O8S/c1-29-14-7-10(6-13(16(14)22)21(27)28)8-15-17(23)19(18(24)30-15)9-11-4-2-3-5-12(11)20(25)26/h2-8,22H,9H2,1H3/b15-8-. The second-order valence-corrected chi connectivity index (χ2v) is 6.99. The molecule has 1 saturated heterocycles. The number of benzene rings is 2. The van der Waals surface area contributed by atoms with Crippen molar-refractivity contribution in [2.24, 2.45) is 0 Å². The van der Waals surface area contributed by atoms with Crippen LogP contribution in [0.5, 0.6) is 11.5 Å². The molecule has 0 atom stereocenters. The van der Waals surface area contributed by atoms with Crippen molar-refractivity contribution < 1.29 is 29.3 Å². The van der Waals surface area contributed by atoms with Gasteiger partial charge in [0.25, 0.3) is 16.8 Å². The molecular formula is C18H13N3O8S. The van der Waals surface area contributed by atoms with Crippen molar-refractivity contribution in [3.63, 3.8) is 0 Å². The lowest BCUT2D eigenvalue weighted by Crippen LogP contribution is -2.27. The number of hydrogen-bond acceptors (Lipinski definition) is 9. The number of methoxy groups -OCH3 is 1. The first-order chi connectivity index (χ1) is 14.2. The first kappa shape index (κ1) is 20.8. The second kappa shape index (κ2) is 8.21. The van der Waals surface area contributed by atoms with Gasteiger partial charge in [-0.25, -0.2) is 0 Å². The van der Waals surface area contributed by atoms with E-state index in [1.54, 1.807) is 6.07 Å². The van der Waals surface area contributed by atoms with Crippen molar-refractivity contribution in [1.82, 2.24) is 4.90 Å². The van der Waals surface area contributed by atoms with E-state index in [1.807, 2.05) is 0 Å². The maximum atomic E-state index is 12.7. The Morgan fingerprint density at radius 2 is 1.80 bits per heavy atom. The maximum absolute atomic E-state index is 12.7. The number of para-hydroxylation sites is 1. The van der Waals surface area contributed by atoms with Crippen molar-refractivity contribution >= 4 is 40.4 Å². The third-order valence-electron chi connectivity index (χ3n) is 4.18. The number of hydrogen-bond donors (Lipinski definition) is 1. The van der Waals surface area contributed by atoms with Crippen LogP contribution in [0.25, 0.3) is 6.08 Å². The summed E-state index contributed by atoms with van der Waals surface area (Å²) in [6, 6.07) is 8.05. The van der Waals surface area contributed by atoms with Crippen LogP contribution in [-0.2, 0) is 11.3 Å². The molecule has 0 unspecified atom stereocenters. The summed E-state index contributed by atoms with van der Waals surface area (Å²) >= 11 is 0.598. The van der Waals surface area contributed by atoms with Crippen LogP contribution in [0.15, 0.2) is 41.3 Å². The molecule has 11 nitrogen and oxygen atoms in total. The van der Waals surface area contributed by atoms with E-state index in [9.17, 15) is 34.9 Å². The number of imide groups is 1. The molecule has 0 aliphatic carbocycles. The number of carbonyl (C=O) groups excluding carboxylic acids is 2. The van der Waals surface area contributed by atoms with Gasteiger partial charge in [0.2, 0.25) is 5.75 Å². The van der Waals surface area contributed by atoms with Gasteiger partial charge in [0.15, 0.2) is 5.75 Å². The zero-order chi connectivity index (χ0) is 22.0. The van der Waals surface area contributed by atoms with Gasteiger partial charge in [0.05, 0.1) is 28.4 Å². The number of nitro groups is 2. The van der Waals surface area contributed by atoms with Crippen LogP contribution in [-0.4, -0.2) is 38.1 Å². The molecule has 154 valence electrons. The van der Waals surface area contributed by atoms with E-state index in [0.717, 1.165) is 11.0 Å². The fourth-order valence-electron chi connectivity index (χ4n) is 2.77. The monoisotopic (exact) mass is 431 g/mol. The van der Waals surface area contributed by atoms with Gasteiger partial charge in [-0.3, -0.25) is 34.7 Å². The summed E-state index contributed by atoms with van der Waals surface area (Å²) in [6.07, 6.45) is 1.25. The number of thioether (sulfide) groups is 1. The highest BCUT2D eigenvalue weighted by molar-refractivity contribution is 8.18. The van der Waals surface area contributed by atoms with Crippen molar-refractivity contribution in [2.75, 3.05) is 7.11 Å². The van der Waals surface area contributed by atoms with Crippen molar-refractivity contribution in [3.05, 3.63) is 72.7 Å². The summed E-state index contributed by atoms with van der Waals surface area (Å²) in [7, 11) is 1.21. The SMILES string of the molecule is COc1cc(/C=C2\SC(=O)N(Cc3ccccc3[N+](=O)[O-])C2=O)cc([N+](=O)[O-])c1O. The van der Waals surface area contributed by atoms with Crippen molar-refractivity contribution in [1.29, 1.82) is 0 Å². The highest BCUT2D eigenvalue weighted by atomic mass is 32.2. The lowest BCUT2D eigenvalue weighted by atomic mass is 10.1. The van der Waals surface area contributed by atoms with Crippen molar-refractivity contribution in [3.8, 4) is 11.5 Å². The first-order valence-corrected chi connectivity index (χ1v) is 9.07. The van der Waals surface area contributed by atoms with Crippen LogP contribution in [0.2, 0.25) is 0 Å². The average molecular weight is 431 g/mol. The molecule has 0 aromatic heterocycles. The lowest BCUT2D eigenvalue weighted by Gasteiger charge is -2.12. The number of rotatable bonds is 6. The Labute approximate surface area is 172 Å². The van der Waals surface area contributed by atoms with Gasteiger partial charge in [0, 0.05) is 17.7 Å². The molecule has 1 fully saturated rings. The van der Waals surface area contributed by atoms with Gasteiger partial charge >= 0.3 is 5.69 Å². The van der Waals surface area contributed by atoms with E-state index in [1.165, 1.54) is 37.5 Å². The van der Waals surface area contributed by atoms with Gasteiger partial charge in [-0.1, -0.05) is 18.2 Å². The fraction of sp³-hybridized carbons (Fsp3) is 0.111. The predicted molar refractivity (Wildman–Crippen MR) is 106 cm³/mol. The van der Waals surface area contributed by atoms with Crippen LogP contribution in [0.3, 0.4) is 0 Å². The van der Waals surface area contributed by atoms with Crippen LogP contribution in [0.1, 0.15) is 11.1 Å². The van der Waals surface area contributed by atoms with Gasteiger partial charge < -0.3 is 9.84 Å². The highest BCUT2D eigenvalue weighted by Gasteiger charge is 2.36. The zero-order valence-corrected chi connectivity index (χ0v) is 16.1. The molecule has 0 bridgehead atoms. The predicted octanol–water partition coefficient (Wildman–Crippen LogP) is 3.45. The first-order valence-electron chi connectivity index (χ1n) is 8.26. The number of nitro benzene ring substituents is 2. The number of nitrogens with zero attached hydrogens (tertiary/aromatic N) is 3. The Morgan fingerprint density at radius 1 is 1.13 bits per heavy atom. The Morgan fingerprint density at radius 3 is 2.43 bits per heavy atom. The van der Waals surface area contributed by atoms with Gasteiger partial charge in [-0.2, -0.15) is 0 Å². The maximum Gasteiger partial charge on any atom is 0.315 e. The molecule has 0 saturated carbocycles. The molecule has 0 radical (unpaired) electrons. The molecule has 2 aromatic carbocycles. The normalized spacial score (nSPS) is 15.0. The van der Waals surface area contributed by atoms with E-state index >= 15 is 0 Å². The number of aromatic hydroxyl groups is 1. The summed E-state index contributed by atoms with van der Waals surface area (Å²) < 4.78 is 4.91. The molecule has 2 aromatic rings. The molecular weight excluding hydrogens is 418 g/mol. The molecule has 2 amide bonds. The second-order valence-electron chi connectivity index (χ2n) is 6.00. The minimum atomic E-state index is -0.810. The minimum absolute atomic E-state index is 0.0272. The van der Waals surface area contributed by atoms with E-state index in [0.29, 0.717) is 11.8 Å². The molecule has 3 rings (SSSR count). The minimum Gasteiger partial charge on any atom is -0.500 e. The van der Waals surface area contributed by atoms with E-state index in [4.69, 9.17) is 4.74 Å². The largest absolute Gasteiger partial charge is 0.500 e. The molecule has 0 spiro atoms. The Hall–Kier alpha value is -3.93. The number of phenolic OH excluding ortho intramolecular Hbond substituents is 1. The lowest BCUT2D eigenvalue weighted by molar-refractivity contribution is -0.386. The summed E-state index contributed by atoms with van der Waals surface area (Å²) in [5.41, 5.74) is -0.500. The Kier molecular flexibility index (Phi) is 5.69. The van der Waals surface area contributed by atoms with E-state index in [2.05, 4.69) is 0 Å². The van der Waals surface area contributed by atoms with Gasteiger partial charge in [-0.15, -0.1) is 0 Å². The Balaban J connectivity index is 1.94. The number of carbonyl (C=O) groups is 2. The third-order valence-corrected chi connectivity index (χ3v) is 5.09. The smallest absolute Gasteiger partial charge is 0.315 e. The van der Waals surface area contributed by atoms with Crippen LogP contribution in [0, 0.1) is 20.2 Å². The van der Waals surface area contributed by atoms with Crippen molar-refractivity contribution in [2.45, 2.75) is 6.54 Å². The summed E-state index contributed by atoms with van der Waals surface area (Å²) in [6.45, 7) is -0.293. The highest BCUT2D eigenvalue weighted by Crippen LogP contribution is 2.39. The summed E-state index contributed by atoms with van der Waals surface area (Å²) in [5, 5.41) is 31.5. The van der Waals surface area contributed by atoms with Gasteiger partial charge in [-0.05, 0) is 29.5 Å². The summed E-state index contributed by atoms with van der Waals surface area (Å²) in [4.78, 5) is 46.7. The van der Waals surface area contributed by atoms with Crippen LogP contribution < -0.4 is 4.74 Å². The number of phenols is 1. The quantitative estimate of drug-likeness (QED) is 0.411. The average Bonchev–Trinajstić information content (AvgIpc) is 2.96. The summed E-state index contributed by atoms with van der Waals surface area (Å²) in [5.74, 6) is -1.53. The molecule has 1 heterocycles. The topological polar surface area (TPSA) is 153 Å². The third kappa shape index (κ3) is 3.93. The van der Waals surface area contributed by atoms with E-state index < -0.39 is 32.4 Å².